The molecule has 0 radical (unpaired) electrons. The molecule has 6 heteroatoms. The number of rotatable bonds is 6. The van der Waals surface area contributed by atoms with Crippen LogP contribution in [0.1, 0.15) is 5.69 Å². The maximum atomic E-state index is 10.8. The number of aromatic nitrogens is 1. The van der Waals surface area contributed by atoms with Crippen LogP contribution in [-0.4, -0.2) is 27.7 Å². The largest absolute Gasteiger partial charge is 0.484 e. The Hall–Kier alpha value is -2.34. The van der Waals surface area contributed by atoms with Crippen LogP contribution in [0.3, 0.4) is 0 Å². The number of nitro groups is 1. The highest BCUT2D eigenvalue weighted by atomic mass is 16.6. The van der Waals surface area contributed by atoms with Crippen molar-refractivity contribution in [3.63, 3.8) is 0 Å². The summed E-state index contributed by atoms with van der Waals surface area (Å²) in [7, 11) is 0. The average molecular weight is 262 g/mol. The van der Waals surface area contributed by atoms with Crippen molar-refractivity contribution in [2.45, 2.75) is 12.5 Å². The summed E-state index contributed by atoms with van der Waals surface area (Å²) in [6, 6.07) is 9.80. The molecule has 19 heavy (non-hydrogen) atoms. The zero-order valence-corrected chi connectivity index (χ0v) is 10.2. The van der Waals surface area contributed by atoms with Crippen molar-refractivity contribution in [1.82, 2.24) is 4.98 Å². The minimum absolute atomic E-state index is 0.00384. The van der Waals surface area contributed by atoms with E-state index in [0.29, 0.717) is 6.42 Å². The van der Waals surface area contributed by atoms with E-state index in [9.17, 15) is 15.2 Å². The highest BCUT2D eigenvalue weighted by molar-refractivity contribution is 5.45. The molecular weight excluding hydrogens is 248 g/mol. The standard InChI is InChI=1S/C13H14N2O4/c16-11(8-10-4-3-7-14-10)9-19-13-6-2-1-5-12(13)15(17)18/h1-7,11,14,16H,8-9H2. The van der Waals surface area contributed by atoms with Gasteiger partial charge in [-0.2, -0.15) is 0 Å². The molecule has 0 fully saturated rings. The van der Waals surface area contributed by atoms with E-state index in [4.69, 9.17) is 4.74 Å². The van der Waals surface area contributed by atoms with Gasteiger partial charge in [0.05, 0.1) is 11.0 Å². The quantitative estimate of drug-likeness (QED) is 0.614. The Bertz CT molecular complexity index is 539. The molecule has 0 spiro atoms. The lowest BCUT2D eigenvalue weighted by Gasteiger charge is -2.11. The van der Waals surface area contributed by atoms with E-state index in [1.807, 2.05) is 12.1 Å². The van der Waals surface area contributed by atoms with E-state index in [1.165, 1.54) is 12.1 Å². The van der Waals surface area contributed by atoms with E-state index in [2.05, 4.69) is 4.98 Å². The molecule has 1 heterocycles. The van der Waals surface area contributed by atoms with Crippen LogP contribution in [0.5, 0.6) is 5.75 Å². The third kappa shape index (κ3) is 3.56. The zero-order valence-electron chi connectivity index (χ0n) is 10.2. The molecule has 0 amide bonds. The number of nitrogens with one attached hydrogen (secondary N) is 1. The van der Waals surface area contributed by atoms with Gasteiger partial charge in [-0.1, -0.05) is 12.1 Å². The Morgan fingerprint density at radius 1 is 1.32 bits per heavy atom. The molecule has 6 nitrogen and oxygen atoms in total. The smallest absolute Gasteiger partial charge is 0.310 e. The van der Waals surface area contributed by atoms with Crippen LogP contribution < -0.4 is 4.74 Å². The molecule has 0 aliphatic carbocycles. The first-order valence-electron chi connectivity index (χ1n) is 5.83. The second-order valence-electron chi connectivity index (χ2n) is 4.09. The SMILES string of the molecule is O=[N+]([O-])c1ccccc1OCC(O)Cc1ccc[nH]1. The molecule has 2 rings (SSSR count). The predicted molar refractivity (Wildman–Crippen MR) is 69.1 cm³/mol. The van der Waals surface area contributed by atoms with Crippen molar-refractivity contribution in [2.24, 2.45) is 0 Å². The Kier molecular flexibility index (Phi) is 4.15. The van der Waals surface area contributed by atoms with Gasteiger partial charge in [-0.05, 0) is 18.2 Å². The van der Waals surface area contributed by atoms with Crippen molar-refractivity contribution < 1.29 is 14.8 Å². The number of hydrogen-bond donors (Lipinski definition) is 2. The summed E-state index contributed by atoms with van der Waals surface area (Å²) < 4.78 is 5.30. The number of benzene rings is 1. The van der Waals surface area contributed by atoms with Crippen LogP contribution >= 0.6 is 0 Å². The Labute approximate surface area is 109 Å². The maximum Gasteiger partial charge on any atom is 0.310 e. The maximum absolute atomic E-state index is 10.8. The highest BCUT2D eigenvalue weighted by Gasteiger charge is 2.15. The van der Waals surface area contributed by atoms with E-state index < -0.39 is 11.0 Å². The molecule has 0 aliphatic rings. The molecule has 1 atom stereocenters. The molecular formula is C13H14N2O4. The summed E-state index contributed by atoms with van der Waals surface area (Å²) in [5.41, 5.74) is 0.785. The Morgan fingerprint density at radius 3 is 2.79 bits per heavy atom. The molecule has 2 aromatic rings. The summed E-state index contributed by atoms with van der Waals surface area (Å²) in [4.78, 5) is 13.2. The third-order valence-corrected chi connectivity index (χ3v) is 2.61. The van der Waals surface area contributed by atoms with Crippen molar-refractivity contribution in [1.29, 1.82) is 0 Å². The van der Waals surface area contributed by atoms with Crippen LogP contribution in [0.25, 0.3) is 0 Å². The molecule has 0 saturated heterocycles. The topological polar surface area (TPSA) is 88.4 Å². The molecule has 2 N–H and O–H groups in total. The zero-order chi connectivity index (χ0) is 13.7. The number of para-hydroxylation sites is 2. The van der Waals surface area contributed by atoms with Gasteiger partial charge in [-0.3, -0.25) is 10.1 Å². The van der Waals surface area contributed by atoms with Crippen LogP contribution in [0.15, 0.2) is 42.6 Å². The van der Waals surface area contributed by atoms with Gasteiger partial charge in [-0.25, -0.2) is 0 Å². The van der Waals surface area contributed by atoms with Gasteiger partial charge in [0.1, 0.15) is 6.61 Å². The summed E-state index contributed by atoms with van der Waals surface area (Å²) in [6.45, 7) is 0.00384. The number of nitrogens with zero attached hydrogens (tertiary/aromatic N) is 1. The van der Waals surface area contributed by atoms with Gasteiger partial charge < -0.3 is 14.8 Å². The van der Waals surface area contributed by atoms with Gasteiger partial charge >= 0.3 is 5.69 Å². The number of nitro benzene ring substituents is 1. The van der Waals surface area contributed by atoms with E-state index in [0.717, 1.165) is 5.69 Å². The van der Waals surface area contributed by atoms with Crippen molar-refractivity contribution in [3.8, 4) is 5.75 Å². The second kappa shape index (κ2) is 6.01. The third-order valence-electron chi connectivity index (χ3n) is 2.61. The number of aliphatic hydroxyl groups is 1. The summed E-state index contributed by atoms with van der Waals surface area (Å²) in [5.74, 6) is 0.165. The fraction of sp³-hybridized carbons (Fsp3) is 0.231. The van der Waals surface area contributed by atoms with Gasteiger partial charge in [0.2, 0.25) is 0 Å². The predicted octanol–water partition coefficient (Wildman–Crippen LogP) is 1.91. The lowest BCUT2D eigenvalue weighted by molar-refractivity contribution is -0.385. The van der Waals surface area contributed by atoms with Crippen molar-refractivity contribution in [3.05, 3.63) is 58.4 Å². The monoisotopic (exact) mass is 262 g/mol. The van der Waals surface area contributed by atoms with Crippen molar-refractivity contribution in [2.75, 3.05) is 6.61 Å². The number of H-pyrrole nitrogens is 1. The molecule has 0 aliphatic heterocycles. The summed E-state index contributed by atoms with van der Waals surface area (Å²) in [5, 5.41) is 20.6. The van der Waals surface area contributed by atoms with Crippen LogP contribution in [0.2, 0.25) is 0 Å². The number of ether oxygens (including phenoxy) is 1. The molecule has 1 aromatic carbocycles. The van der Waals surface area contributed by atoms with Crippen LogP contribution in [0.4, 0.5) is 5.69 Å². The van der Waals surface area contributed by atoms with Gasteiger partial charge in [0, 0.05) is 24.4 Å². The van der Waals surface area contributed by atoms with Crippen LogP contribution in [0, 0.1) is 10.1 Å². The Morgan fingerprint density at radius 2 is 2.11 bits per heavy atom. The van der Waals surface area contributed by atoms with E-state index in [-0.39, 0.29) is 18.0 Å². The van der Waals surface area contributed by atoms with Crippen LogP contribution in [-0.2, 0) is 6.42 Å². The number of aliphatic hydroxyl groups excluding tert-OH is 1. The van der Waals surface area contributed by atoms with Gasteiger partial charge in [-0.15, -0.1) is 0 Å². The first-order valence-corrected chi connectivity index (χ1v) is 5.83. The lowest BCUT2D eigenvalue weighted by atomic mass is 10.2. The second-order valence-corrected chi connectivity index (χ2v) is 4.09. The minimum atomic E-state index is -0.724. The molecule has 1 aromatic heterocycles. The van der Waals surface area contributed by atoms with E-state index >= 15 is 0 Å². The average Bonchev–Trinajstić information content (AvgIpc) is 2.89. The normalized spacial score (nSPS) is 12.1. The van der Waals surface area contributed by atoms with Crippen molar-refractivity contribution >= 4 is 5.69 Å². The summed E-state index contributed by atoms with van der Waals surface area (Å²) in [6.07, 6.45) is 1.46. The first-order chi connectivity index (χ1) is 9.16. The van der Waals surface area contributed by atoms with Gasteiger partial charge in [0.25, 0.3) is 0 Å². The molecule has 1 unspecified atom stereocenters. The highest BCUT2D eigenvalue weighted by Crippen LogP contribution is 2.25. The summed E-state index contributed by atoms with van der Waals surface area (Å²) >= 11 is 0. The molecule has 100 valence electrons. The number of hydrogen-bond acceptors (Lipinski definition) is 4. The minimum Gasteiger partial charge on any atom is -0.484 e. The molecule has 0 saturated carbocycles. The molecule has 0 bridgehead atoms. The van der Waals surface area contributed by atoms with Gasteiger partial charge in [0.15, 0.2) is 5.75 Å². The number of aromatic amines is 1. The fourth-order valence-corrected chi connectivity index (χ4v) is 1.72. The van der Waals surface area contributed by atoms with E-state index in [1.54, 1.807) is 18.3 Å². The Balaban J connectivity index is 1.93. The fourth-order valence-electron chi connectivity index (χ4n) is 1.72. The lowest BCUT2D eigenvalue weighted by Crippen LogP contribution is -2.20. The first kappa shape index (κ1) is 13.1.